The van der Waals surface area contributed by atoms with Gasteiger partial charge in [0.15, 0.2) is 0 Å². The summed E-state index contributed by atoms with van der Waals surface area (Å²) in [5.41, 5.74) is 0.443. The van der Waals surface area contributed by atoms with Gasteiger partial charge in [0.2, 0.25) is 0 Å². The van der Waals surface area contributed by atoms with Crippen molar-refractivity contribution < 1.29 is 9.13 Å². The SMILES string of the molecule is CC(C)(C)OC[C@@]12C[C@@H](F)CN1CC1(CC1)C2. The number of alkyl halides is 1. The zero-order chi connectivity index (χ0) is 12.3. The van der Waals surface area contributed by atoms with Gasteiger partial charge in [-0.05, 0) is 45.4 Å². The molecule has 2 nitrogen and oxygen atoms in total. The van der Waals surface area contributed by atoms with Crippen molar-refractivity contribution in [3.05, 3.63) is 0 Å². The van der Waals surface area contributed by atoms with Crippen molar-refractivity contribution >= 4 is 0 Å². The Morgan fingerprint density at radius 2 is 2.06 bits per heavy atom. The second-order valence-corrected chi connectivity index (χ2v) is 7.48. The van der Waals surface area contributed by atoms with Gasteiger partial charge in [-0.25, -0.2) is 4.39 Å². The third-order valence-corrected chi connectivity index (χ3v) is 4.65. The van der Waals surface area contributed by atoms with Gasteiger partial charge in [-0.2, -0.15) is 0 Å². The van der Waals surface area contributed by atoms with Gasteiger partial charge in [-0.15, -0.1) is 0 Å². The molecular weight excluding hydrogens is 217 g/mol. The Kier molecular flexibility index (Phi) is 2.41. The molecule has 3 aliphatic rings. The third-order valence-electron chi connectivity index (χ3n) is 4.65. The molecule has 2 atom stereocenters. The van der Waals surface area contributed by atoms with Gasteiger partial charge in [0.1, 0.15) is 6.17 Å². The molecule has 0 bridgehead atoms. The summed E-state index contributed by atoms with van der Waals surface area (Å²) in [4.78, 5) is 2.39. The third kappa shape index (κ3) is 2.12. The minimum Gasteiger partial charge on any atom is -0.374 e. The van der Waals surface area contributed by atoms with Crippen molar-refractivity contribution in [2.24, 2.45) is 5.41 Å². The van der Waals surface area contributed by atoms with Crippen LogP contribution >= 0.6 is 0 Å². The second kappa shape index (κ2) is 3.45. The highest BCUT2D eigenvalue weighted by Gasteiger charge is 2.62. The molecule has 0 aromatic rings. The lowest BCUT2D eigenvalue weighted by Gasteiger charge is -2.34. The fourth-order valence-corrected chi connectivity index (χ4v) is 3.68. The lowest BCUT2D eigenvalue weighted by molar-refractivity contribution is -0.0528. The second-order valence-electron chi connectivity index (χ2n) is 7.48. The Hall–Kier alpha value is -0.150. The lowest BCUT2D eigenvalue weighted by atomic mass is 9.88. The van der Waals surface area contributed by atoms with E-state index in [1.807, 2.05) is 0 Å². The van der Waals surface area contributed by atoms with Crippen LogP contribution in [0.1, 0.15) is 46.5 Å². The zero-order valence-electron chi connectivity index (χ0n) is 11.3. The Bertz CT molecular complexity index is 321. The molecule has 17 heavy (non-hydrogen) atoms. The molecule has 3 heteroatoms. The highest BCUT2D eigenvalue weighted by atomic mass is 19.1. The number of hydrogen-bond acceptors (Lipinski definition) is 2. The number of rotatable bonds is 2. The Morgan fingerprint density at radius 1 is 1.35 bits per heavy atom. The van der Waals surface area contributed by atoms with Crippen LogP contribution < -0.4 is 0 Å². The first-order valence-corrected chi connectivity index (χ1v) is 6.86. The van der Waals surface area contributed by atoms with Crippen LogP contribution in [0.25, 0.3) is 0 Å². The molecule has 0 aromatic carbocycles. The summed E-state index contributed by atoms with van der Waals surface area (Å²) >= 11 is 0. The van der Waals surface area contributed by atoms with Crippen LogP contribution in [0.15, 0.2) is 0 Å². The maximum absolute atomic E-state index is 13.7. The molecule has 1 aliphatic carbocycles. The molecule has 3 fully saturated rings. The molecule has 2 heterocycles. The smallest absolute Gasteiger partial charge is 0.115 e. The van der Waals surface area contributed by atoms with Gasteiger partial charge in [0.25, 0.3) is 0 Å². The summed E-state index contributed by atoms with van der Waals surface area (Å²) in [5.74, 6) is 0. The van der Waals surface area contributed by atoms with Crippen LogP contribution in [-0.4, -0.2) is 41.9 Å². The fraction of sp³-hybridized carbons (Fsp3) is 1.00. The molecule has 2 aliphatic heterocycles. The summed E-state index contributed by atoms with van der Waals surface area (Å²) < 4.78 is 19.7. The topological polar surface area (TPSA) is 12.5 Å². The van der Waals surface area contributed by atoms with Gasteiger partial charge in [0, 0.05) is 25.0 Å². The monoisotopic (exact) mass is 241 g/mol. The van der Waals surface area contributed by atoms with Gasteiger partial charge in [0.05, 0.1) is 12.2 Å². The normalized spacial score (nSPS) is 39.9. The van der Waals surface area contributed by atoms with Crippen LogP contribution in [0.5, 0.6) is 0 Å². The first kappa shape index (κ1) is 11.9. The van der Waals surface area contributed by atoms with Crippen molar-refractivity contribution in [1.82, 2.24) is 4.90 Å². The van der Waals surface area contributed by atoms with Gasteiger partial charge in [-0.3, -0.25) is 4.90 Å². The standard InChI is InChI=1S/C14H24FNO/c1-12(2,3)17-10-14-6-11(15)7-16(14)9-13(8-14)4-5-13/h11H,4-10H2,1-3H3/t11-,14+/m1/s1. The van der Waals surface area contributed by atoms with Gasteiger partial charge < -0.3 is 4.74 Å². The molecule has 0 unspecified atom stereocenters. The van der Waals surface area contributed by atoms with E-state index in [0.29, 0.717) is 25.0 Å². The van der Waals surface area contributed by atoms with Crippen LogP contribution in [0, 0.1) is 5.41 Å². The van der Waals surface area contributed by atoms with Crippen LogP contribution in [0.3, 0.4) is 0 Å². The van der Waals surface area contributed by atoms with Gasteiger partial charge >= 0.3 is 0 Å². The molecule has 3 rings (SSSR count). The number of fused-ring (bicyclic) bond motifs is 1. The van der Waals surface area contributed by atoms with Crippen molar-refractivity contribution in [1.29, 1.82) is 0 Å². The van der Waals surface area contributed by atoms with Crippen LogP contribution in [0.4, 0.5) is 4.39 Å². The van der Waals surface area contributed by atoms with Gasteiger partial charge in [-0.1, -0.05) is 0 Å². The van der Waals surface area contributed by atoms with E-state index >= 15 is 0 Å². The van der Waals surface area contributed by atoms with Crippen LogP contribution in [0.2, 0.25) is 0 Å². The van der Waals surface area contributed by atoms with E-state index in [0.717, 1.165) is 13.0 Å². The largest absolute Gasteiger partial charge is 0.374 e. The van der Waals surface area contributed by atoms with E-state index in [4.69, 9.17) is 4.74 Å². The highest BCUT2D eigenvalue weighted by Crippen LogP contribution is 2.60. The molecule has 2 saturated heterocycles. The Balaban J connectivity index is 1.73. The van der Waals surface area contributed by atoms with Crippen molar-refractivity contribution in [2.75, 3.05) is 19.7 Å². The summed E-state index contributed by atoms with van der Waals surface area (Å²) in [6.07, 6.45) is 3.89. The van der Waals surface area contributed by atoms with E-state index in [2.05, 4.69) is 25.7 Å². The van der Waals surface area contributed by atoms with E-state index in [1.54, 1.807) is 0 Å². The summed E-state index contributed by atoms with van der Waals surface area (Å²) in [5, 5.41) is 0. The minimum atomic E-state index is -0.644. The summed E-state index contributed by atoms with van der Waals surface area (Å²) in [7, 11) is 0. The first-order chi connectivity index (χ1) is 7.83. The molecule has 0 aromatic heterocycles. The molecule has 0 amide bonds. The highest BCUT2D eigenvalue weighted by molar-refractivity contribution is 5.15. The quantitative estimate of drug-likeness (QED) is 0.737. The van der Waals surface area contributed by atoms with E-state index < -0.39 is 6.17 Å². The molecule has 0 radical (unpaired) electrons. The Labute approximate surface area is 104 Å². The number of halogens is 1. The fourth-order valence-electron chi connectivity index (χ4n) is 3.68. The lowest BCUT2D eigenvalue weighted by Crippen LogP contribution is -2.44. The maximum atomic E-state index is 13.7. The van der Waals surface area contributed by atoms with E-state index in [9.17, 15) is 4.39 Å². The number of nitrogens with zero attached hydrogens (tertiary/aromatic N) is 1. The van der Waals surface area contributed by atoms with E-state index in [1.165, 1.54) is 12.8 Å². The Morgan fingerprint density at radius 3 is 2.65 bits per heavy atom. The molecule has 1 saturated carbocycles. The molecule has 1 spiro atoms. The maximum Gasteiger partial charge on any atom is 0.115 e. The first-order valence-electron chi connectivity index (χ1n) is 6.86. The minimum absolute atomic E-state index is 0.0171. The summed E-state index contributed by atoms with van der Waals surface area (Å²) in [6, 6.07) is 0. The van der Waals surface area contributed by atoms with Crippen molar-refractivity contribution in [3.8, 4) is 0 Å². The predicted octanol–water partition coefficient (Wildman–Crippen LogP) is 2.77. The number of hydrogen-bond donors (Lipinski definition) is 0. The van der Waals surface area contributed by atoms with Crippen molar-refractivity contribution in [3.63, 3.8) is 0 Å². The van der Waals surface area contributed by atoms with E-state index in [-0.39, 0.29) is 11.1 Å². The molecule has 0 N–H and O–H groups in total. The predicted molar refractivity (Wildman–Crippen MR) is 65.8 cm³/mol. The zero-order valence-corrected chi connectivity index (χ0v) is 11.3. The van der Waals surface area contributed by atoms with Crippen molar-refractivity contribution in [2.45, 2.75) is 63.8 Å². The average molecular weight is 241 g/mol. The molecular formula is C14H24FNO. The summed E-state index contributed by atoms with van der Waals surface area (Å²) in [6.45, 7) is 8.70. The van der Waals surface area contributed by atoms with Crippen LogP contribution in [-0.2, 0) is 4.74 Å². The molecule has 98 valence electrons. The number of ether oxygens (including phenoxy) is 1. The average Bonchev–Trinajstić information content (AvgIpc) is 2.74.